The van der Waals surface area contributed by atoms with Crippen LogP contribution in [0.5, 0.6) is 0 Å². The maximum atomic E-state index is 9.02. The van der Waals surface area contributed by atoms with Crippen LogP contribution in [0.15, 0.2) is 22.8 Å². The van der Waals surface area contributed by atoms with Crippen molar-refractivity contribution < 1.29 is 5.11 Å². The normalized spacial score (nSPS) is 14.7. The molecule has 2 nitrogen and oxygen atoms in total. The molecule has 1 unspecified atom stereocenters. The van der Waals surface area contributed by atoms with E-state index in [0.29, 0.717) is 12.6 Å². The summed E-state index contributed by atoms with van der Waals surface area (Å²) in [5, 5.41) is 9.02. The first kappa shape index (κ1) is 16.1. The van der Waals surface area contributed by atoms with E-state index in [1.54, 1.807) is 0 Å². The van der Waals surface area contributed by atoms with Gasteiger partial charge in [-0.25, -0.2) is 0 Å². The van der Waals surface area contributed by atoms with Gasteiger partial charge in [0.2, 0.25) is 0 Å². The lowest BCUT2D eigenvalue weighted by Crippen LogP contribution is -2.35. The molecule has 1 N–H and O–H groups in total. The number of hydrogen-bond donors (Lipinski definition) is 1. The number of halogens is 1. The number of hydrogen-bond acceptors (Lipinski definition) is 2. The molecule has 4 heteroatoms. The first-order chi connectivity index (χ1) is 7.26. The van der Waals surface area contributed by atoms with Gasteiger partial charge in [-0.2, -0.15) is 0 Å². The second-order valence-corrected chi connectivity index (χ2v) is 11.4. The third kappa shape index (κ3) is 8.27. The van der Waals surface area contributed by atoms with Crippen molar-refractivity contribution in [3.8, 4) is 0 Å². The molecule has 94 valence electrons. The van der Waals surface area contributed by atoms with Crippen molar-refractivity contribution in [1.29, 1.82) is 0 Å². The van der Waals surface area contributed by atoms with Crippen molar-refractivity contribution in [1.82, 2.24) is 4.90 Å². The van der Waals surface area contributed by atoms with Gasteiger partial charge >= 0.3 is 0 Å². The molecule has 0 aliphatic rings. The quantitative estimate of drug-likeness (QED) is 0.731. The summed E-state index contributed by atoms with van der Waals surface area (Å²) in [4.78, 5) is 2.20. The number of nitrogens with zero attached hydrogens (tertiary/aromatic N) is 1. The van der Waals surface area contributed by atoms with Crippen LogP contribution in [0.1, 0.15) is 6.92 Å². The molecule has 0 aromatic rings. The highest BCUT2D eigenvalue weighted by molar-refractivity contribution is 9.11. The highest BCUT2D eigenvalue weighted by atomic mass is 79.9. The molecular weight excluding hydrogens is 282 g/mol. The maximum Gasteiger partial charge on any atom is 0.0683 e. The van der Waals surface area contributed by atoms with E-state index < -0.39 is 8.07 Å². The summed E-state index contributed by atoms with van der Waals surface area (Å²) in [5.74, 6) is 0. The Hall–Kier alpha value is 0.0969. The van der Waals surface area contributed by atoms with Gasteiger partial charge in [-0.1, -0.05) is 53.9 Å². The molecule has 0 radical (unpaired) electrons. The highest BCUT2D eigenvalue weighted by Crippen LogP contribution is 2.10. The summed E-state index contributed by atoms with van der Waals surface area (Å²) in [6.45, 7) is 14.6. The van der Waals surface area contributed by atoms with Crippen molar-refractivity contribution >= 4 is 24.0 Å². The molecule has 0 fully saturated rings. The Morgan fingerprint density at radius 1 is 1.50 bits per heavy atom. The van der Waals surface area contributed by atoms with Crippen molar-refractivity contribution in [2.45, 2.75) is 32.6 Å². The van der Waals surface area contributed by atoms with Gasteiger partial charge in [0.1, 0.15) is 0 Å². The third-order valence-corrected chi connectivity index (χ3v) is 3.66. The molecule has 0 aliphatic heterocycles. The molecule has 0 saturated carbocycles. The Morgan fingerprint density at radius 3 is 2.44 bits per heavy atom. The smallest absolute Gasteiger partial charge is 0.0683 e. The molecular formula is C12H24BrNOSi. The second-order valence-electron chi connectivity index (χ2n) is 5.18. The van der Waals surface area contributed by atoms with E-state index in [1.165, 1.54) is 0 Å². The number of aliphatic hydroxyl groups excluding tert-OH is 1. The van der Waals surface area contributed by atoms with E-state index in [0.717, 1.165) is 11.0 Å². The highest BCUT2D eigenvalue weighted by Gasteiger charge is 2.13. The minimum Gasteiger partial charge on any atom is -0.395 e. The van der Waals surface area contributed by atoms with Crippen LogP contribution in [0.25, 0.3) is 0 Å². The SMILES string of the molecule is C=C(Br)CN(CCO)C(C)/C=C/[Si](C)(C)C. The zero-order chi connectivity index (χ0) is 12.8. The van der Waals surface area contributed by atoms with Crippen molar-refractivity contribution in [2.75, 3.05) is 19.7 Å². The van der Waals surface area contributed by atoms with Gasteiger partial charge in [-0.15, -0.1) is 0 Å². The molecule has 0 spiro atoms. The maximum absolute atomic E-state index is 9.02. The van der Waals surface area contributed by atoms with Gasteiger partial charge in [0.15, 0.2) is 0 Å². The predicted molar refractivity (Wildman–Crippen MR) is 78.7 cm³/mol. The van der Waals surface area contributed by atoms with Gasteiger partial charge in [0, 0.05) is 23.6 Å². The molecule has 0 bridgehead atoms. The van der Waals surface area contributed by atoms with E-state index in [1.807, 2.05) is 0 Å². The van der Waals surface area contributed by atoms with Gasteiger partial charge in [0.05, 0.1) is 14.7 Å². The Labute approximate surface area is 109 Å². The minimum atomic E-state index is -1.13. The van der Waals surface area contributed by atoms with Crippen LogP contribution in [0, 0.1) is 0 Å². The molecule has 16 heavy (non-hydrogen) atoms. The predicted octanol–water partition coefficient (Wildman–Crippen LogP) is 3.01. The molecule has 0 aromatic heterocycles. The minimum absolute atomic E-state index is 0.186. The largest absolute Gasteiger partial charge is 0.395 e. The van der Waals surface area contributed by atoms with Crippen LogP contribution < -0.4 is 0 Å². The molecule has 0 heterocycles. The lowest BCUT2D eigenvalue weighted by Gasteiger charge is -2.26. The van der Waals surface area contributed by atoms with Crippen molar-refractivity contribution in [3.05, 3.63) is 22.8 Å². The molecule has 0 rings (SSSR count). The van der Waals surface area contributed by atoms with Gasteiger partial charge in [-0.3, -0.25) is 4.90 Å². The summed E-state index contributed by atoms with van der Waals surface area (Å²) < 4.78 is 0.953. The van der Waals surface area contributed by atoms with Gasteiger partial charge in [0.25, 0.3) is 0 Å². The summed E-state index contributed by atoms with van der Waals surface area (Å²) in [7, 11) is -1.13. The molecule has 0 aromatic carbocycles. The summed E-state index contributed by atoms with van der Waals surface area (Å²) >= 11 is 3.37. The van der Waals surface area contributed by atoms with Crippen LogP contribution in [0.2, 0.25) is 19.6 Å². The third-order valence-electron chi connectivity index (χ3n) is 2.21. The number of aliphatic hydroxyl groups is 1. The Bertz CT molecular complexity index is 248. The van der Waals surface area contributed by atoms with Gasteiger partial charge < -0.3 is 5.11 Å². The second kappa shape index (κ2) is 7.43. The molecule has 1 atom stereocenters. The Balaban J connectivity index is 4.43. The first-order valence-electron chi connectivity index (χ1n) is 5.64. The van der Waals surface area contributed by atoms with E-state index in [2.05, 4.69) is 65.7 Å². The summed E-state index contributed by atoms with van der Waals surface area (Å²) in [6.07, 6.45) is 2.25. The van der Waals surface area contributed by atoms with Crippen LogP contribution in [0.3, 0.4) is 0 Å². The fourth-order valence-corrected chi connectivity index (χ4v) is 2.50. The molecule has 0 amide bonds. The van der Waals surface area contributed by atoms with Crippen molar-refractivity contribution in [2.24, 2.45) is 0 Å². The van der Waals surface area contributed by atoms with E-state index >= 15 is 0 Å². The summed E-state index contributed by atoms with van der Waals surface area (Å²) in [6, 6.07) is 0.341. The number of rotatable bonds is 7. The molecule has 0 saturated heterocycles. The monoisotopic (exact) mass is 305 g/mol. The fourth-order valence-electron chi connectivity index (χ4n) is 1.33. The average molecular weight is 306 g/mol. The molecule has 0 aliphatic carbocycles. The van der Waals surface area contributed by atoms with E-state index in [-0.39, 0.29) is 6.61 Å². The van der Waals surface area contributed by atoms with Gasteiger partial charge in [-0.05, 0) is 6.92 Å². The Kier molecular flexibility index (Phi) is 7.47. The fraction of sp³-hybridized carbons (Fsp3) is 0.667. The van der Waals surface area contributed by atoms with Crippen LogP contribution in [-0.4, -0.2) is 43.8 Å². The zero-order valence-corrected chi connectivity index (χ0v) is 13.4. The van der Waals surface area contributed by atoms with E-state index in [9.17, 15) is 0 Å². The lowest BCUT2D eigenvalue weighted by molar-refractivity contribution is 0.190. The van der Waals surface area contributed by atoms with E-state index in [4.69, 9.17) is 5.11 Å². The van der Waals surface area contributed by atoms with Crippen LogP contribution in [-0.2, 0) is 0 Å². The van der Waals surface area contributed by atoms with Crippen LogP contribution >= 0.6 is 15.9 Å². The zero-order valence-electron chi connectivity index (χ0n) is 10.8. The average Bonchev–Trinajstić information content (AvgIpc) is 2.11. The first-order valence-corrected chi connectivity index (χ1v) is 10.0. The van der Waals surface area contributed by atoms with Crippen LogP contribution in [0.4, 0.5) is 0 Å². The summed E-state index contributed by atoms with van der Waals surface area (Å²) in [5.41, 5.74) is 2.35. The van der Waals surface area contributed by atoms with Crippen molar-refractivity contribution in [3.63, 3.8) is 0 Å². The lowest BCUT2D eigenvalue weighted by atomic mass is 10.2. The Morgan fingerprint density at radius 2 is 2.06 bits per heavy atom. The topological polar surface area (TPSA) is 23.5 Å². The standard InChI is InChI=1S/C12H24BrNOSi/c1-11(13)10-14(7-8-15)12(2)6-9-16(3,4)5/h6,9,12,15H,1,7-8,10H2,2-5H3/b9-6+.